The number of nitrogens with zero attached hydrogens (tertiary/aromatic N) is 2. The predicted molar refractivity (Wildman–Crippen MR) is 88.9 cm³/mol. The van der Waals surface area contributed by atoms with Crippen LogP contribution in [0.25, 0.3) is 5.57 Å². The Morgan fingerprint density at radius 2 is 2.00 bits per heavy atom. The lowest BCUT2D eigenvalue weighted by molar-refractivity contribution is 0.134. The Balaban J connectivity index is 2.08. The summed E-state index contributed by atoms with van der Waals surface area (Å²) in [4.78, 5) is 2.38. The third kappa shape index (κ3) is 1.49. The summed E-state index contributed by atoms with van der Waals surface area (Å²) < 4.78 is 0. The van der Waals surface area contributed by atoms with Gasteiger partial charge in [0.15, 0.2) is 0 Å². The van der Waals surface area contributed by atoms with Gasteiger partial charge in [-0.2, -0.15) is 5.26 Å². The second-order valence-corrected chi connectivity index (χ2v) is 7.46. The van der Waals surface area contributed by atoms with Gasteiger partial charge in [-0.25, -0.2) is 0 Å². The fourth-order valence-corrected chi connectivity index (χ4v) is 4.81. The molecule has 0 aromatic heterocycles. The Kier molecular flexibility index (Phi) is 2.52. The zero-order valence-electron chi connectivity index (χ0n) is 13.4. The monoisotopic (exact) mass is 288 g/mol. The van der Waals surface area contributed by atoms with Gasteiger partial charge >= 0.3 is 0 Å². The van der Waals surface area contributed by atoms with Gasteiger partial charge in [0, 0.05) is 19.3 Å². The van der Waals surface area contributed by atoms with Gasteiger partial charge in [-0.15, -0.1) is 0 Å². The standard InChI is InChI=1S/C20H20N2/c1-19(2)12-20-16-8-5-4-7-14(16)15(11-21)17(20)9-6-10-18(20)22(3)13-19/h4-10H,12-13H2,1-3H3. The van der Waals surface area contributed by atoms with E-state index in [9.17, 15) is 5.26 Å². The van der Waals surface area contributed by atoms with Crippen LogP contribution in [0.1, 0.15) is 31.4 Å². The van der Waals surface area contributed by atoms with E-state index in [2.05, 4.69) is 68.3 Å². The molecule has 22 heavy (non-hydrogen) atoms. The molecule has 1 aliphatic heterocycles. The number of nitriles is 1. The fourth-order valence-electron chi connectivity index (χ4n) is 4.81. The molecule has 0 amide bonds. The molecular formula is C20H20N2. The highest BCUT2D eigenvalue weighted by Gasteiger charge is 2.54. The molecule has 0 radical (unpaired) electrons. The summed E-state index contributed by atoms with van der Waals surface area (Å²) in [6, 6.07) is 10.9. The average Bonchev–Trinajstić information content (AvgIpc) is 2.74. The Morgan fingerprint density at radius 3 is 2.77 bits per heavy atom. The molecule has 0 saturated carbocycles. The van der Waals surface area contributed by atoms with Gasteiger partial charge in [0.25, 0.3) is 0 Å². The van der Waals surface area contributed by atoms with E-state index in [1.165, 1.54) is 16.8 Å². The molecule has 1 aromatic carbocycles. The molecule has 1 aromatic rings. The topological polar surface area (TPSA) is 27.0 Å². The van der Waals surface area contributed by atoms with E-state index in [1.54, 1.807) is 0 Å². The van der Waals surface area contributed by atoms with Crippen molar-refractivity contribution in [1.29, 1.82) is 5.26 Å². The van der Waals surface area contributed by atoms with Crippen molar-refractivity contribution < 1.29 is 0 Å². The molecule has 1 saturated heterocycles. The largest absolute Gasteiger partial charge is 0.376 e. The minimum absolute atomic E-state index is 0.146. The summed E-state index contributed by atoms with van der Waals surface area (Å²) >= 11 is 0. The minimum atomic E-state index is -0.146. The molecule has 0 N–H and O–H groups in total. The van der Waals surface area contributed by atoms with Crippen LogP contribution in [-0.2, 0) is 5.41 Å². The van der Waals surface area contributed by atoms with Crippen LogP contribution in [0.5, 0.6) is 0 Å². The van der Waals surface area contributed by atoms with Crippen LogP contribution >= 0.6 is 0 Å². The highest BCUT2D eigenvalue weighted by atomic mass is 15.1. The molecule has 0 bridgehead atoms. The molecule has 2 nitrogen and oxygen atoms in total. The Labute approximate surface area is 132 Å². The number of hydrogen-bond donors (Lipinski definition) is 0. The molecule has 4 rings (SSSR count). The van der Waals surface area contributed by atoms with E-state index in [0.717, 1.165) is 24.1 Å². The Hall–Kier alpha value is -2.27. The lowest BCUT2D eigenvalue weighted by Gasteiger charge is -2.52. The number of likely N-dealkylation sites (tertiary alicyclic amines) is 1. The van der Waals surface area contributed by atoms with Crippen LogP contribution in [-0.4, -0.2) is 18.5 Å². The minimum Gasteiger partial charge on any atom is -0.376 e. The molecule has 1 atom stereocenters. The quantitative estimate of drug-likeness (QED) is 0.720. The molecular weight excluding hydrogens is 268 g/mol. The normalized spacial score (nSPS) is 27.7. The fraction of sp³-hybridized carbons (Fsp3) is 0.350. The molecule has 1 spiro atoms. The second kappa shape index (κ2) is 4.14. The maximum absolute atomic E-state index is 9.76. The summed E-state index contributed by atoms with van der Waals surface area (Å²) in [6.45, 7) is 5.71. The van der Waals surface area contributed by atoms with Gasteiger partial charge in [-0.1, -0.05) is 50.3 Å². The molecule has 110 valence electrons. The summed E-state index contributed by atoms with van der Waals surface area (Å²) in [5.74, 6) is 0. The van der Waals surface area contributed by atoms with Crippen molar-refractivity contribution in [2.75, 3.05) is 13.6 Å². The molecule has 2 heteroatoms. The van der Waals surface area contributed by atoms with E-state index >= 15 is 0 Å². The van der Waals surface area contributed by atoms with Crippen molar-refractivity contribution in [3.63, 3.8) is 0 Å². The smallest absolute Gasteiger partial charge is 0.100 e. The van der Waals surface area contributed by atoms with Crippen LogP contribution in [0.2, 0.25) is 0 Å². The van der Waals surface area contributed by atoms with E-state index in [4.69, 9.17) is 0 Å². The summed E-state index contributed by atoms with van der Waals surface area (Å²) in [7, 11) is 2.18. The summed E-state index contributed by atoms with van der Waals surface area (Å²) in [5, 5.41) is 9.76. The third-order valence-corrected chi connectivity index (χ3v) is 5.27. The first-order valence-corrected chi connectivity index (χ1v) is 7.84. The number of likely N-dealkylation sites (N-methyl/N-ethyl adjacent to an activating group) is 1. The van der Waals surface area contributed by atoms with Crippen LogP contribution in [0.15, 0.2) is 53.8 Å². The summed E-state index contributed by atoms with van der Waals surface area (Å²) in [6.07, 6.45) is 7.53. The van der Waals surface area contributed by atoms with Crippen LogP contribution in [0.4, 0.5) is 0 Å². The maximum atomic E-state index is 9.76. The number of fused-ring (bicyclic) bond motifs is 1. The van der Waals surface area contributed by atoms with E-state index < -0.39 is 0 Å². The maximum Gasteiger partial charge on any atom is 0.100 e. The first-order valence-electron chi connectivity index (χ1n) is 7.84. The van der Waals surface area contributed by atoms with Crippen molar-refractivity contribution in [3.05, 3.63) is 64.9 Å². The van der Waals surface area contributed by atoms with Gasteiger partial charge in [0.05, 0.1) is 11.0 Å². The Bertz CT molecular complexity index is 801. The molecule has 2 aliphatic carbocycles. The van der Waals surface area contributed by atoms with Crippen molar-refractivity contribution >= 4 is 5.57 Å². The first-order chi connectivity index (χ1) is 10.5. The number of hydrogen-bond acceptors (Lipinski definition) is 2. The Morgan fingerprint density at radius 1 is 1.23 bits per heavy atom. The van der Waals surface area contributed by atoms with Crippen molar-refractivity contribution in [2.24, 2.45) is 5.41 Å². The van der Waals surface area contributed by atoms with E-state index in [1.807, 2.05) is 6.07 Å². The second-order valence-electron chi connectivity index (χ2n) is 7.46. The number of benzene rings is 1. The van der Waals surface area contributed by atoms with Crippen LogP contribution in [0.3, 0.4) is 0 Å². The molecule has 1 heterocycles. The lowest BCUT2D eigenvalue weighted by Crippen LogP contribution is -2.50. The zero-order valence-corrected chi connectivity index (χ0v) is 13.4. The molecule has 1 unspecified atom stereocenters. The highest BCUT2D eigenvalue weighted by molar-refractivity contribution is 5.92. The van der Waals surface area contributed by atoms with Crippen molar-refractivity contribution in [1.82, 2.24) is 4.90 Å². The first kappa shape index (κ1) is 13.4. The van der Waals surface area contributed by atoms with Crippen LogP contribution in [0, 0.1) is 16.7 Å². The summed E-state index contributed by atoms with van der Waals surface area (Å²) in [5.41, 5.74) is 5.85. The van der Waals surface area contributed by atoms with Gasteiger partial charge in [0.1, 0.15) is 6.07 Å². The van der Waals surface area contributed by atoms with E-state index in [0.29, 0.717) is 0 Å². The SMILES string of the molecule is CN1CC(C)(C)CC23C1=CC=CC2=C(C#N)c1ccccc13. The number of piperidine rings is 1. The zero-order chi connectivity index (χ0) is 15.5. The van der Waals surface area contributed by atoms with Gasteiger partial charge in [-0.3, -0.25) is 0 Å². The average molecular weight is 288 g/mol. The van der Waals surface area contributed by atoms with Crippen LogP contribution < -0.4 is 0 Å². The third-order valence-electron chi connectivity index (χ3n) is 5.27. The van der Waals surface area contributed by atoms with Crippen molar-refractivity contribution in [2.45, 2.75) is 25.7 Å². The van der Waals surface area contributed by atoms with Gasteiger partial charge < -0.3 is 4.90 Å². The number of allylic oxidation sites excluding steroid dienone is 5. The molecule has 1 fully saturated rings. The highest BCUT2D eigenvalue weighted by Crippen LogP contribution is 2.59. The van der Waals surface area contributed by atoms with Gasteiger partial charge in [0.2, 0.25) is 0 Å². The van der Waals surface area contributed by atoms with Gasteiger partial charge in [-0.05, 0) is 34.6 Å². The molecule has 3 aliphatic rings. The van der Waals surface area contributed by atoms with E-state index in [-0.39, 0.29) is 10.8 Å². The lowest BCUT2D eigenvalue weighted by atomic mass is 9.60. The number of rotatable bonds is 0. The van der Waals surface area contributed by atoms with Crippen molar-refractivity contribution in [3.8, 4) is 6.07 Å². The predicted octanol–water partition coefficient (Wildman–Crippen LogP) is 4.03.